The lowest BCUT2D eigenvalue weighted by Crippen LogP contribution is -2.24. The summed E-state index contributed by atoms with van der Waals surface area (Å²) in [7, 11) is 1.56. The molecule has 0 spiro atoms. The van der Waals surface area contributed by atoms with E-state index in [9.17, 15) is 4.79 Å². The fourth-order valence-electron chi connectivity index (χ4n) is 2.37. The number of ether oxygens (including phenoxy) is 1. The van der Waals surface area contributed by atoms with Gasteiger partial charge in [-0.15, -0.1) is 5.10 Å². The number of benzene rings is 1. The number of hydrogen-bond acceptors (Lipinski definition) is 5. The SMILES string of the molecule is COc1ccc(Cl)cc1-n1nnc(C(=O)NCc2cccnc2)c1C. The molecule has 7 nitrogen and oxygen atoms in total. The molecule has 0 radical (unpaired) electrons. The average Bonchev–Trinajstić information content (AvgIpc) is 3.02. The molecule has 0 atom stereocenters. The summed E-state index contributed by atoms with van der Waals surface area (Å²) in [5, 5.41) is 11.4. The maximum Gasteiger partial charge on any atom is 0.274 e. The van der Waals surface area contributed by atoms with Crippen molar-refractivity contribution in [1.82, 2.24) is 25.3 Å². The third-order valence-corrected chi connectivity index (χ3v) is 3.89. The van der Waals surface area contributed by atoms with Crippen molar-refractivity contribution < 1.29 is 9.53 Å². The molecule has 1 amide bonds. The van der Waals surface area contributed by atoms with Gasteiger partial charge in [0.2, 0.25) is 0 Å². The molecule has 3 rings (SSSR count). The molecule has 1 N–H and O–H groups in total. The van der Waals surface area contributed by atoms with Gasteiger partial charge in [-0.05, 0) is 36.8 Å². The van der Waals surface area contributed by atoms with Crippen LogP contribution < -0.4 is 10.1 Å². The normalized spacial score (nSPS) is 10.5. The summed E-state index contributed by atoms with van der Waals surface area (Å²) in [5.74, 6) is 0.272. The Morgan fingerprint density at radius 3 is 2.92 bits per heavy atom. The molecule has 3 aromatic rings. The van der Waals surface area contributed by atoms with E-state index in [-0.39, 0.29) is 11.6 Å². The molecule has 0 aliphatic carbocycles. The molecule has 0 saturated heterocycles. The van der Waals surface area contributed by atoms with Gasteiger partial charge >= 0.3 is 0 Å². The predicted molar refractivity (Wildman–Crippen MR) is 93.1 cm³/mol. The van der Waals surface area contributed by atoms with E-state index in [1.165, 1.54) is 4.68 Å². The molecular weight excluding hydrogens is 342 g/mol. The molecule has 2 heterocycles. The summed E-state index contributed by atoms with van der Waals surface area (Å²) in [6.07, 6.45) is 3.38. The van der Waals surface area contributed by atoms with Crippen LogP contribution in [0.4, 0.5) is 0 Å². The van der Waals surface area contributed by atoms with E-state index in [0.717, 1.165) is 5.56 Å². The largest absolute Gasteiger partial charge is 0.494 e. The quantitative estimate of drug-likeness (QED) is 0.758. The summed E-state index contributed by atoms with van der Waals surface area (Å²) in [6.45, 7) is 2.12. The van der Waals surface area contributed by atoms with Crippen molar-refractivity contribution in [2.75, 3.05) is 7.11 Å². The minimum Gasteiger partial charge on any atom is -0.494 e. The van der Waals surface area contributed by atoms with Crippen LogP contribution in [0.25, 0.3) is 5.69 Å². The minimum atomic E-state index is -0.311. The number of rotatable bonds is 5. The fraction of sp³-hybridized carbons (Fsp3) is 0.176. The highest BCUT2D eigenvalue weighted by Gasteiger charge is 2.19. The van der Waals surface area contributed by atoms with Crippen LogP contribution in [0.15, 0.2) is 42.7 Å². The van der Waals surface area contributed by atoms with Crippen LogP contribution >= 0.6 is 11.6 Å². The second-order valence-electron chi connectivity index (χ2n) is 5.30. The standard InChI is InChI=1S/C17H16ClN5O2/c1-11-16(17(24)20-10-12-4-3-7-19-9-12)21-22-23(11)14-8-13(18)5-6-15(14)25-2/h3-9H,10H2,1-2H3,(H,20,24). The Kier molecular flexibility index (Phi) is 4.95. The fourth-order valence-corrected chi connectivity index (χ4v) is 2.53. The third-order valence-electron chi connectivity index (χ3n) is 3.65. The van der Waals surface area contributed by atoms with Crippen LogP contribution in [0, 0.1) is 6.92 Å². The molecule has 0 bridgehead atoms. The van der Waals surface area contributed by atoms with Gasteiger partial charge in [0.15, 0.2) is 5.69 Å². The maximum atomic E-state index is 12.4. The highest BCUT2D eigenvalue weighted by atomic mass is 35.5. The maximum absolute atomic E-state index is 12.4. The number of pyridine rings is 1. The highest BCUT2D eigenvalue weighted by molar-refractivity contribution is 6.30. The van der Waals surface area contributed by atoms with Crippen molar-refractivity contribution in [2.24, 2.45) is 0 Å². The van der Waals surface area contributed by atoms with Gasteiger partial charge in [0.1, 0.15) is 11.4 Å². The highest BCUT2D eigenvalue weighted by Crippen LogP contribution is 2.27. The van der Waals surface area contributed by atoms with Gasteiger partial charge in [0, 0.05) is 24.0 Å². The van der Waals surface area contributed by atoms with E-state index in [0.29, 0.717) is 28.7 Å². The Morgan fingerprint density at radius 2 is 2.20 bits per heavy atom. The number of nitrogens with zero attached hydrogens (tertiary/aromatic N) is 4. The van der Waals surface area contributed by atoms with Crippen LogP contribution in [-0.2, 0) is 6.54 Å². The van der Waals surface area contributed by atoms with Crippen molar-refractivity contribution in [1.29, 1.82) is 0 Å². The molecule has 0 saturated carbocycles. The van der Waals surface area contributed by atoms with Crippen LogP contribution in [0.1, 0.15) is 21.7 Å². The van der Waals surface area contributed by atoms with Gasteiger partial charge in [0.05, 0.1) is 12.8 Å². The summed E-state index contributed by atoms with van der Waals surface area (Å²) >= 11 is 6.06. The smallest absolute Gasteiger partial charge is 0.274 e. The Hall–Kier alpha value is -2.93. The lowest BCUT2D eigenvalue weighted by molar-refractivity contribution is 0.0945. The summed E-state index contributed by atoms with van der Waals surface area (Å²) < 4.78 is 6.86. The zero-order valence-corrected chi connectivity index (χ0v) is 14.5. The molecule has 0 aliphatic heterocycles. The lowest BCUT2D eigenvalue weighted by Gasteiger charge is -2.10. The number of carbonyl (C=O) groups excluding carboxylic acids is 1. The molecule has 0 aliphatic rings. The molecule has 2 aromatic heterocycles. The van der Waals surface area contributed by atoms with Gasteiger partial charge in [-0.25, -0.2) is 4.68 Å². The number of nitrogens with one attached hydrogen (secondary N) is 1. The average molecular weight is 358 g/mol. The summed E-state index contributed by atoms with van der Waals surface area (Å²) in [5.41, 5.74) is 2.35. The number of halogens is 1. The van der Waals surface area contributed by atoms with Crippen LogP contribution in [0.3, 0.4) is 0 Å². The number of hydrogen-bond donors (Lipinski definition) is 1. The van der Waals surface area contributed by atoms with Crippen molar-refractivity contribution >= 4 is 17.5 Å². The van der Waals surface area contributed by atoms with Crippen molar-refractivity contribution in [3.63, 3.8) is 0 Å². The number of methoxy groups -OCH3 is 1. The molecule has 0 fully saturated rings. The van der Waals surface area contributed by atoms with E-state index < -0.39 is 0 Å². The lowest BCUT2D eigenvalue weighted by atomic mass is 10.2. The first kappa shape index (κ1) is 16.9. The van der Waals surface area contributed by atoms with Crippen LogP contribution in [0.5, 0.6) is 5.75 Å². The summed E-state index contributed by atoms with van der Waals surface area (Å²) in [6, 6.07) is 8.86. The number of carbonyl (C=O) groups is 1. The van der Waals surface area contributed by atoms with Crippen molar-refractivity contribution in [3.05, 3.63) is 64.7 Å². The topological polar surface area (TPSA) is 81.9 Å². The van der Waals surface area contributed by atoms with Crippen molar-refractivity contribution in [2.45, 2.75) is 13.5 Å². The first-order chi connectivity index (χ1) is 12.1. The van der Waals surface area contributed by atoms with E-state index >= 15 is 0 Å². The van der Waals surface area contributed by atoms with Gasteiger partial charge in [-0.2, -0.15) is 0 Å². The zero-order chi connectivity index (χ0) is 17.8. The molecule has 1 aromatic carbocycles. The van der Waals surface area contributed by atoms with E-state index in [1.54, 1.807) is 44.6 Å². The summed E-state index contributed by atoms with van der Waals surface area (Å²) in [4.78, 5) is 16.4. The Morgan fingerprint density at radius 1 is 1.36 bits per heavy atom. The number of aromatic nitrogens is 4. The molecule has 8 heteroatoms. The molecular formula is C17H16ClN5O2. The molecule has 128 valence electrons. The molecule has 0 unspecified atom stereocenters. The van der Waals surface area contributed by atoms with Gasteiger partial charge < -0.3 is 10.1 Å². The first-order valence-corrected chi connectivity index (χ1v) is 7.91. The van der Waals surface area contributed by atoms with Crippen LogP contribution in [0.2, 0.25) is 5.02 Å². The third kappa shape index (κ3) is 3.61. The van der Waals surface area contributed by atoms with E-state index in [4.69, 9.17) is 16.3 Å². The Labute approximate surface area is 149 Å². The second-order valence-corrected chi connectivity index (χ2v) is 5.73. The van der Waals surface area contributed by atoms with Gasteiger partial charge in [0.25, 0.3) is 5.91 Å². The Bertz CT molecular complexity index is 895. The predicted octanol–water partition coefficient (Wildman–Crippen LogP) is 2.56. The van der Waals surface area contributed by atoms with Gasteiger partial charge in [-0.1, -0.05) is 22.9 Å². The monoisotopic (exact) mass is 357 g/mol. The second kappa shape index (κ2) is 7.31. The van der Waals surface area contributed by atoms with Gasteiger partial charge in [-0.3, -0.25) is 9.78 Å². The number of amides is 1. The zero-order valence-electron chi connectivity index (χ0n) is 13.7. The Balaban J connectivity index is 1.84. The van der Waals surface area contributed by atoms with E-state index in [1.807, 2.05) is 12.1 Å². The van der Waals surface area contributed by atoms with Crippen molar-refractivity contribution in [3.8, 4) is 11.4 Å². The van der Waals surface area contributed by atoms with E-state index in [2.05, 4.69) is 20.6 Å². The first-order valence-electron chi connectivity index (χ1n) is 7.53. The minimum absolute atomic E-state index is 0.242. The molecule has 25 heavy (non-hydrogen) atoms. The van der Waals surface area contributed by atoms with Crippen LogP contribution in [-0.4, -0.2) is 33.0 Å².